The number of piperazine rings is 1. The number of aryl methyl sites for hydroxylation is 1. The van der Waals surface area contributed by atoms with Gasteiger partial charge in [0.05, 0.1) is 0 Å². The van der Waals surface area contributed by atoms with Crippen LogP contribution in [0.5, 0.6) is 0 Å². The summed E-state index contributed by atoms with van der Waals surface area (Å²) in [6.45, 7) is 6.24. The van der Waals surface area contributed by atoms with E-state index in [2.05, 4.69) is 15.0 Å². The summed E-state index contributed by atoms with van der Waals surface area (Å²) in [7, 11) is 0. The van der Waals surface area contributed by atoms with Crippen molar-refractivity contribution < 1.29 is 32.6 Å². The number of ether oxygens (including phenoxy) is 1. The molecule has 1 amide bonds. The minimum atomic E-state index is -4.58. The van der Waals surface area contributed by atoms with Crippen molar-refractivity contribution in [3.63, 3.8) is 0 Å². The molecule has 0 saturated carbocycles. The van der Waals surface area contributed by atoms with Crippen LogP contribution >= 0.6 is 0 Å². The zero-order chi connectivity index (χ0) is 21.8. The third kappa shape index (κ3) is 6.52. The highest BCUT2D eigenvalue weighted by Crippen LogP contribution is 2.24. The zero-order valence-electron chi connectivity index (χ0n) is 16.6. The number of anilines is 1. The van der Waals surface area contributed by atoms with Crippen molar-refractivity contribution in [2.24, 2.45) is 0 Å². The lowest BCUT2D eigenvalue weighted by atomic mass is 10.1. The molecule has 1 fully saturated rings. The molecule has 0 aromatic heterocycles. The number of nitrogens with one attached hydrogen (secondary N) is 1. The summed E-state index contributed by atoms with van der Waals surface area (Å²) in [5.41, 5.74) is 2.62. The highest BCUT2D eigenvalue weighted by Gasteiger charge is 2.40. The zero-order valence-corrected chi connectivity index (χ0v) is 16.6. The molecule has 1 saturated heterocycles. The Balaban J connectivity index is 1.94. The number of carbonyl (C=O) groups is 2. The van der Waals surface area contributed by atoms with Crippen molar-refractivity contribution in [1.82, 2.24) is 9.80 Å². The molecule has 1 aromatic carbocycles. The van der Waals surface area contributed by atoms with E-state index in [1.54, 1.807) is 6.92 Å². The van der Waals surface area contributed by atoms with E-state index in [1.165, 1.54) is 4.90 Å². The smallest absolute Gasteiger partial charge is 0.425 e. The standard InChI is InChI=1S/C19H26F3N3O4/c1-12-4-5-15(16(10-12)23-13(2)17(26)27)11-24-6-8-25(9-7-24)18(28)29-14(3)19(20,21)22/h4-5,10,13-14,23H,6-9,11H2,1-3H3,(H,26,27)/t13-,14?/m1/s1. The van der Waals surface area contributed by atoms with Crippen molar-refractivity contribution in [1.29, 1.82) is 0 Å². The molecule has 1 aliphatic rings. The van der Waals surface area contributed by atoms with Crippen LogP contribution in [0.1, 0.15) is 25.0 Å². The lowest BCUT2D eigenvalue weighted by Gasteiger charge is -2.35. The monoisotopic (exact) mass is 417 g/mol. The van der Waals surface area contributed by atoms with Crippen molar-refractivity contribution in [2.45, 2.75) is 45.6 Å². The van der Waals surface area contributed by atoms with Crippen LogP contribution in [0.3, 0.4) is 0 Å². The number of nitrogens with zero attached hydrogens (tertiary/aromatic N) is 2. The van der Waals surface area contributed by atoms with E-state index >= 15 is 0 Å². The number of hydrogen-bond acceptors (Lipinski definition) is 5. The second-order valence-corrected chi connectivity index (χ2v) is 7.20. The number of halogens is 3. The van der Waals surface area contributed by atoms with Gasteiger partial charge >= 0.3 is 18.2 Å². The van der Waals surface area contributed by atoms with E-state index in [9.17, 15) is 22.8 Å². The Labute approximate surface area is 167 Å². The topological polar surface area (TPSA) is 82.1 Å². The molecule has 1 aliphatic heterocycles. The van der Waals surface area contributed by atoms with Gasteiger partial charge < -0.3 is 20.1 Å². The molecule has 7 nitrogen and oxygen atoms in total. The number of alkyl halides is 3. The maximum atomic E-state index is 12.5. The van der Waals surface area contributed by atoms with Gasteiger partial charge in [-0.25, -0.2) is 4.79 Å². The largest absolute Gasteiger partial charge is 0.480 e. The molecule has 162 valence electrons. The third-order valence-electron chi connectivity index (χ3n) is 4.77. The quantitative estimate of drug-likeness (QED) is 0.740. The van der Waals surface area contributed by atoms with Crippen LogP contribution in [0.4, 0.5) is 23.7 Å². The fourth-order valence-electron chi connectivity index (χ4n) is 2.88. The molecule has 1 unspecified atom stereocenters. The van der Waals surface area contributed by atoms with Gasteiger partial charge in [0.1, 0.15) is 6.04 Å². The summed E-state index contributed by atoms with van der Waals surface area (Å²) in [5, 5.41) is 12.1. The molecular formula is C19H26F3N3O4. The molecule has 0 spiro atoms. The van der Waals surface area contributed by atoms with E-state index in [0.717, 1.165) is 23.7 Å². The third-order valence-corrected chi connectivity index (χ3v) is 4.77. The first-order valence-electron chi connectivity index (χ1n) is 9.31. The molecule has 2 rings (SSSR count). The summed E-state index contributed by atoms with van der Waals surface area (Å²) in [6, 6.07) is 4.97. The van der Waals surface area contributed by atoms with Gasteiger partial charge in [-0.1, -0.05) is 12.1 Å². The van der Waals surface area contributed by atoms with Crippen LogP contribution in [-0.2, 0) is 16.1 Å². The van der Waals surface area contributed by atoms with Crippen LogP contribution in [0.2, 0.25) is 0 Å². The van der Waals surface area contributed by atoms with Crippen molar-refractivity contribution in [3.8, 4) is 0 Å². The van der Waals surface area contributed by atoms with Crippen LogP contribution in [0.25, 0.3) is 0 Å². The number of hydrogen-bond donors (Lipinski definition) is 2. The fraction of sp³-hybridized carbons (Fsp3) is 0.579. The minimum absolute atomic E-state index is 0.254. The Bertz CT molecular complexity index is 734. The van der Waals surface area contributed by atoms with Gasteiger partial charge in [-0.15, -0.1) is 0 Å². The Kier molecular flexibility index (Phi) is 7.34. The maximum absolute atomic E-state index is 12.5. The second kappa shape index (κ2) is 9.34. The van der Waals surface area contributed by atoms with Gasteiger partial charge in [-0.05, 0) is 38.0 Å². The average Bonchev–Trinajstić information content (AvgIpc) is 2.63. The molecule has 2 atom stereocenters. The second-order valence-electron chi connectivity index (χ2n) is 7.20. The number of benzene rings is 1. The van der Waals surface area contributed by atoms with Gasteiger partial charge in [0.2, 0.25) is 0 Å². The van der Waals surface area contributed by atoms with Gasteiger partial charge in [0.25, 0.3) is 0 Å². The predicted molar refractivity (Wildman–Crippen MR) is 101 cm³/mol. The number of carbonyl (C=O) groups excluding carboxylic acids is 1. The minimum Gasteiger partial charge on any atom is -0.480 e. The Morgan fingerprint density at radius 1 is 1.21 bits per heavy atom. The molecule has 10 heteroatoms. The Morgan fingerprint density at radius 2 is 1.83 bits per heavy atom. The van der Waals surface area contributed by atoms with Crippen molar-refractivity contribution >= 4 is 17.7 Å². The van der Waals surface area contributed by atoms with Gasteiger partial charge in [0.15, 0.2) is 6.10 Å². The molecule has 1 aromatic rings. The molecule has 0 bridgehead atoms. The molecule has 0 radical (unpaired) electrons. The lowest BCUT2D eigenvalue weighted by molar-refractivity contribution is -0.200. The summed E-state index contributed by atoms with van der Waals surface area (Å²) < 4.78 is 42.1. The SMILES string of the molecule is Cc1ccc(CN2CCN(C(=O)OC(C)C(F)(F)F)CC2)c(N[C@H](C)C(=O)O)c1. The van der Waals surface area contributed by atoms with E-state index in [0.29, 0.717) is 19.6 Å². The Morgan fingerprint density at radius 3 is 2.38 bits per heavy atom. The number of carboxylic acid groups (broad SMARTS) is 1. The lowest BCUT2D eigenvalue weighted by Crippen LogP contribution is -2.49. The first-order valence-corrected chi connectivity index (χ1v) is 9.31. The molecule has 0 aliphatic carbocycles. The first kappa shape index (κ1) is 22.8. The van der Waals surface area contributed by atoms with Crippen molar-refractivity contribution in [2.75, 3.05) is 31.5 Å². The normalized spacial score (nSPS) is 17.5. The highest BCUT2D eigenvalue weighted by atomic mass is 19.4. The molecule has 1 heterocycles. The summed E-state index contributed by atoms with van der Waals surface area (Å²) in [4.78, 5) is 26.4. The van der Waals surface area contributed by atoms with Gasteiger partial charge in [0, 0.05) is 38.4 Å². The van der Waals surface area contributed by atoms with Crippen LogP contribution < -0.4 is 5.32 Å². The molecular weight excluding hydrogens is 391 g/mol. The number of amides is 1. The van der Waals surface area contributed by atoms with E-state index < -0.39 is 30.4 Å². The molecule has 29 heavy (non-hydrogen) atoms. The predicted octanol–water partition coefficient (Wildman–Crippen LogP) is 3.09. The number of rotatable bonds is 6. The maximum Gasteiger partial charge on any atom is 0.425 e. The number of carboxylic acids is 1. The van der Waals surface area contributed by atoms with Gasteiger partial charge in [-0.2, -0.15) is 13.2 Å². The fourth-order valence-corrected chi connectivity index (χ4v) is 2.88. The van der Waals surface area contributed by atoms with Crippen LogP contribution in [0, 0.1) is 6.92 Å². The van der Waals surface area contributed by atoms with Crippen LogP contribution in [0.15, 0.2) is 18.2 Å². The van der Waals surface area contributed by atoms with Crippen molar-refractivity contribution in [3.05, 3.63) is 29.3 Å². The van der Waals surface area contributed by atoms with E-state index in [-0.39, 0.29) is 13.1 Å². The highest BCUT2D eigenvalue weighted by molar-refractivity contribution is 5.77. The average molecular weight is 417 g/mol. The summed E-state index contributed by atoms with van der Waals surface area (Å²) >= 11 is 0. The van der Waals surface area contributed by atoms with Crippen LogP contribution in [-0.4, -0.2) is 71.5 Å². The summed E-state index contributed by atoms with van der Waals surface area (Å²) in [6.07, 6.45) is -7.70. The van der Waals surface area contributed by atoms with E-state index in [4.69, 9.17) is 5.11 Å². The Hall–Kier alpha value is -2.49. The van der Waals surface area contributed by atoms with Gasteiger partial charge in [-0.3, -0.25) is 9.69 Å². The summed E-state index contributed by atoms with van der Waals surface area (Å²) in [5.74, 6) is -0.960. The van der Waals surface area contributed by atoms with E-state index in [1.807, 2.05) is 25.1 Å². The first-order chi connectivity index (χ1) is 13.5. The molecule has 2 N–H and O–H groups in total. The number of aliphatic carboxylic acids is 1.